The predicted molar refractivity (Wildman–Crippen MR) is 23.8 cm³/mol. The zero-order valence-electron chi connectivity index (χ0n) is 3.64. The van der Waals surface area contributed by atoms with E-state index in [-0.39, 0.29) is 0 Å². The first-order valence-electron chi connectivity index (χ1n) is 2.13. The van der Waals surface area contributed by atoms with Crippen molar-refractivity contribution in [1.29, 1.82) is 0 Å². The minimum Gasteiger partial charge on any atom is -0.444 e. The summed E-state index contributed by atoms with van der Waals surface area (Å²) in [6.45, 7) is 0.843. The molecule has 7 heavy (non-hydrogen) atoms. The van der Waals surface area contributed by atoms with E-state index in [9.17, 15) is 0 Å². The van der Waals surface area contributed by atoms with E-state index in [1.54, 1.807) is 0 Å². The Balaban J connectivity index is 2.69. The van der Waals surface area contributed by atoms with Gasteiger partial charge in [-0.2, -0.15) is 4.98 Å². The fourth-order valence-corrected chi connectivity index (χ4v) is 0.597. The van der Waals surface area contributed by atoms with E-state index in [1.807, 2.05) is 0 Å². The maximum atomic E-state index is 4.88. The predicted octanol–water partition coefficient (Wildman–Crippen LogP) is 0.600. The lowest BCUT2D eigenvalue weighted by Gasteiger charge is -2.09. The fraction of sp³-hybridized carbons (Fsp3) is 0.250. The first-order valence-corrected chi connectivity index (χ1v) is 2.13. The van der Waals surface area contributed by atoms with Crippen LogP contribution in [-0.2, 0) is 6.54 Å². The lowest BCUT2D eigenvalue weighted by atomic mass is 10.3. The quantitative estimate of drug-likeness (QED) is 0.514. The van der Waals surface area contributed by atoms with E-state index in [0.29, 0.717) is 0 Å². The van der Waals surface area contributed by atoms with Crippen LogP contribution in [0, 0.1) is 0 Å². The monoisotopic (exact) mass is 96.0 g/mol. The molecule has 0 aliphatic carbocycles. The number of hydrogen-bond donors (Lipinski definition) is 1. The second-order valence-electron chi connectivity index (χ2n) is 1.48. The normalized spacial score (nSPS) is 14.3. The number of fused-ring (bicyclic) bond motifs is 1. The molecule has 0 bridgehead atoms. The molecule has 0 saturated heterocycles. The molecule has 1 aromatic rings. The van der Waals surface area contributed by atoms with Crippen molar-refractivity contribution in [3.8, 4) is 0 Å². The molecule has 1 aromatic heterocycles. The molecule has 3 nitrogen and oxygen atoms in total. The molecule has 3 heteroatoms. The van der Waals surface area contributed by atoms with E-state index in [0.717, 1.165) is 18.1 Å². The summed E-state index contributed by atoms with van der Waals surface area (Å²) in [5.74, 6) is 1.88. The van der Waals surface area contributed by atoms with Crippen molar-refractivity contribution in [2.45, 2.75) is 6.54 Å². The fourth-order valence-electron chi connectivity index (χ4n) is 0.597. The van der Waals surface area contributed by atoms with Crippen LogP contribution >= 0.6 is 0 Å². The van der Waals surface area contributed by atoms with Crippen LogP contribution in [0.2, 0.25) is 0 Å². The minimum absolute atomic E-state index is 0.843. The van der Waals surface area contributed by atoms with Gasteiger partial charge in [0.1, 0.15) is 0 Å². The molecule has 0 radical (unpaired) electrons. The molecule has 2 heterocycles. The van der Waals surface area contributed by atoms with Gasteiger partial charge < -0.3 is 9.73 Å². The highest BCUT2D eigenvalue weighted by Crippen LogP contribution is 2.21. The number of anilines is 1. The molecule has 0 saturated carbocycles. The molecule has 0 fully saturated rings. The van der Waals surface area contributed by atoms with Gasteiger partial charge in [0, 0.05) is 0 Å². The smallest absolute Gasteiger partial charge is 0.183 e. The highest BCUT2D eigenvalue weighted by atomic mass is 16.3. The lowest BCUT2D eigenvalue weighted by molar-refractivity contribution is 0.502. The summed E-state index contributed by atoms with van der Waals surface area (Å²) in [5, 5.41) is 2.96. The standard InChI is InChI=1S/C4H4N2O/c1-3-4(5-1)6-2-7-3/h2,5H,1H2. The van der Waals surface area contributed by atoms with Gasteiger partial charge in [0.15, 0.2) is 18.0 Å². The number of rotatable bonds is 0. The Kier molecular flexibility index (Phi) is 0.353. The van der Waals surface area contributed by atoms with Crippen LogP contribution in [0.1, 0.15) is 5.76 Å². The summed E-state index contributed by atoms with van der Waals surface area (Å²) in [4.78, 5) is 3.83. The largest absolute Gasteiger partial charge is 0.444 e. The second kappa shape index (κ2) is 0.804. The first-order chi connectivity index (χ1) is 3.47. The zero-order valence-corrected chi connectivity index (χ0v) is 3.64. The van der Waals surface area contributed by atoms with Gasteiger partial charge in [0.05, 0.1) is 6.54 Å². The van der Waals surface area contributed by atoms with E-state index >= 15 is 0 Å². The maximum absolute atomic E-state index is 4.88. The van der Waals surface area contributed by atoms with E-state index < -0.39 is 0 Å². The van der Waals surface area contributed by atoms with Gasteiger partial charge in [0.25, 0.3) is 0 Å². The summed E-state index contributed by atoms with van der Waals surface area (Å²) in [6, 6.07) is 0. The van der Waals surface area contributed by atoms with Crippen molar-refractivity contribution in [3.63, 3.8) is 0 Å². The van der Waals surface area contributed by atoms with Crippen molar-refractivity contribution >= 4 is 5.82 Å². The van der Waals surface area contributed by atoms with Gasteiger partial charge in [-0.15, -0.1) is 0 Å². The molecular weight excluding hydrogens is 92.1 g/mol. The average Bonchev–Trinajstić information content (AvgIpc) is 1.85. The third-order valence-corrected chi connectivity index (χ3v) is 1.06. The molecule has 0 unspecified atom stereocenters. The third-order valence-electron chi connectivity index (χ3n) is 1.06. The topological polar surface area (TPSA) is 38.1 Å². The number of nitrogens with zero attached hydrogens (tertiary/aromatic N) is 1. The lowest BCUT2D eigenvalue weighted by Crippen LogP contribution is -2.10. The van der Waals surface area contributed by atoms with Crippen molar-refractivity contribution in [3.05, 3.63) is 12.2 Å². The molecule has 0 atom stereocenters. The highest BCUT2D eigenvalue weighted by molar-refractivity contribution is 5.47. The summed E-state index contributed by atoms with van der Waals surface area (Å²) in [6.07, 6.45) is 1.45. The van der Waals surface area contributed by atoms with Gasteiger partial charge in [-0.05, 0) is 0 Å². The third kappa shape index (κ3) is 0.231. The Bertz CT molecular complexity index is 163. The second-order valence-corrected chi connectivity index (χ2v) is 1.48. The highest BCUT2D eigenvalue weighted by Gasteiger charge is 2.15. The molecule has 1 aliphatic heterocycles. The molecule has 1 N–H and O–H groups in total. The van der Waals surface area contributed by atoms with Gasteiger partial charge in [-0.25, -0.2) is 0 Å². The SMILES string of the molecule is c1nc2c(o1)CN2. The number of aromatic nitrogens is 1. The summed E-state index contributed by atoms with van der Waals surface area (Å²) >= 11 is 0. The number of nitrogens with one attached hydrogen (secondary N) is 1. The summed E-state index contributed by atoms with van der Waals surface area (Å²) in [7, 11) is 0. The number of oxazole rings is 1. The Morgan fingerprint density at radius 1 is 1.86 bits per heavy atom. The van der Waals surface area contributed by atoms with Crippen LogP contribution in [0.3, 0.4) is 0 Å². The van der Waals surface area contributed by atoms with Crippen molar-refractivity contribution in [1.82, 2.24) is 4.98 Å². The number of hydrogen-bond acceptors (Lipinski definition) is 3. The molecule has 2 rings (SSSR count). The average molecular weight is 96.1 g/mol. The van der Waals surface area contributed by atoms with Crippen molar-refractivity contribution in [2.24, 2.45) is 0 Å². The van der Waals surface area contributed by atoms with Crippen LogP contribution in [0.5, 0.6) is 0 Å². The Labute approximate surface area is 40.4 Å². The van der Waals surface area contributed by atoms with Crippen LogP contribution in [0.4, 0.5) is 5.82 Å². The van der Waals surface area contributed by atoms with Crippen LogP contribution < -0.4 is 5.32 Å². The molecule has 0 aromatic carbocycles. The zero-order chi connectivity index (χ0) is 4.69. The molecule has 0 spiro atoms. The Morgan fingerprint density at radius 3 is 3.14 bits per heavy atom. The summed E-state index contributed by atoms with van der Waals surface area (Å²) < 4.78 is 4.88. The van der Waals surface area contributed by atoms with Crippen molar-refractivity contribution < 1.29 is 4.42 Å². The van der Waals surface area contributed by atoms with Gasteiger partial charge >= 0.3 is 0 Å². The molecular formula is C4H4N2O. The molecule has 1 aliphatic rings. The van der Waals surface area contributed by atoms with Gasteiger partial charge in [0.2, 0.25) is 0 Å². The summed E-state index contributed by atoms with van der Waals surface area (Å²) in [5.41, 5.74) is 0. The van der Waals surface area contributed by atoms with E-state index in [1.165, 1.54) is 6.39 Å². The van der Waals surface area contributed by atoms with Crippen LogP contribution in [-0.4, -0.2) is 4.98 Å². The Morgan fingerprint density at radius 2 is 2.86 bits per heavy atom. The first kappa shape index (κ1) is 3.07. The minimum atomic E-state index is 0.843. The van der Waals surface area contributed by atoms with Gasteiger partial charge in [-0.1, -0.05) is 0 Å². The van der Waals surface area contributed by atoms with Crippen LogP contribution in [0.25, 0.3) is 0 Å². The molecule has 36 valence electrons. The van der Waals surface area contributed by atoms with E-state index in [4.69, 9.17) is 4.42 Å². The Hall–Kier alpha value is -0.990. The van der Waals surface area contributed by atoms with Crippen LogP contribution in [0.15, 0.2) is 10.8 Å². The van der Waals surface area contributed by atoms with Gasteiger partial charge in [-0.3, -0.25) is 0 Å². The van der Waals surface area contributed by atoms with Crippen molar-refractivity contribution in [2.75, 3.05) is 5.32 Å². The molecule has 0 amide bonds. The maximum Gasteiger partial charge on any atom is 0.183 e. The van der Waals surface area contributed by atoms with E-state index in [2.05, 4.69) is 10.3 Å².